The Morgan fingerprint density at radius 2 is 1.79 bits per heavy atom. The molecule has 0 amide bonds. The molecule has 19 heavy (non-hydrogen) atoms. The van der Waals surface area contributed by atoms with Crippen LogP contribution < -0.4 is 5.73 Å². The van der Waals surface area contributed by atoms with Gasteiger partial charge in [0.25, 0.3) is 0 Å². The fourth-order valence-corrected chi connectivity index (χ4v) is 3.34. The van der Waals surface area contributed by atoms with Gasteiger partial charge >= 0.3 is 0 Å². The number of pyridine rings is 1. The molecule has 2 aromatic rings. The third-order valence-electron chi connectivity index (χ3n) is 2.97. The molecule has 0 fully saturated rings. The van der Waals surface area contributed by atoms with E-state index in [2.05, 4.69) is 52.1 Å². The maximum absolute atomic E-state index is 6.28. The second kappa shape index (κ2) is 7.08. The van der Waals surface area contributed by atoms with E-state index in [1.165, 1.54) is 10.5 Å². The van der Waals surface area contributed by atoms with Gasteiger partial charge < -0.3 is 5.73 Å². The van der Waals surface area contributed by atoms with E-state index in [4.69, 9.17) is 5.73 Å². The fourth-order valence-electron chi connectivity index (χ4n) is 1.83. The summed E-state index contributed by atoms with van der Waals surface area (Å²) >= 11 is 5.27. The zero-order valence-corrected chi connectivity index (χ0v) is 13.2. The largest absolute Gasteiger partial charge is 0.326 e. The monoisotopic (exact) mass is 336 g/mol. The molecule has 2 rings (SSSR count). The highest BCUT2D eigenvalue weighted by Gasteiger charge is 2.19. The van der Waals surface area contributed by atoms with Crippen molar-refractivity contribution >= 4 is 27.7 Å². The first-order valence-corrected chi connectivity index (χ1v) is 7.95. The van der Waals surface area contributed by atoms with Crippen molar-refractivity contribution in [1.29, 1.82) is 0 Å². The van der Waals surface area contributed by atoms with Crippen LogP contribution >= 0.6 is 27.7 Å². The van der Waals surface area contributed by atoms with Gasteiger partial charge in [-0.15, -0.1) is 11.8 Å². The first-order valence-electron chi connectivity index (χ1n) is 6.28. The van der Waals surface area contributed by atoms with E-state index < -0.39 is 0 Å². The minimum Gasteiger partial charge on any atom is -0.326 e. The Hall–Kier alpha value is -0.840. The molecular formula is C15H17BrN2S. The second-order valence-corrected chi connectivity index (χ2v) is 6.48. The number of hydrogen-bond donors (Lipinski definition) is 1. The molecule has 0 radical (unpaired) electrons. The maximum Gasteiger partial charge on any atom is 0.0496 e. The Bertz CT molecular complexity index is 501. The Balaban J connectivity index is 2.21. The molecule has 2 atom stereocenters. The first kappa shape index (κ1) is 14.6. The van der Waals surface area contributed by atoms with E-state index in [0.29, 0.717) is 0 Å². The highest BCUT2D eigenvalue weighted by atomic mass is 79.9. The van der Waals surface area contributed by atoms with E-state index in [1.807, 2.05) is 36.3 Å². The lowest BCUT2D eigenvalue weighted by atomic mass is 10.1. The number of aromatic nitrogens is 1. The molecule has 0 saturated heterocycles. The highest BCUT2D eigenvalue weighted by molar-refractivity contribution is 9.10. The summed E-state index contributed by atoms with van der Waals surface area (Å²) in [5.41, 5.74) is 7.51. The smallest absolute Gasteiger partial charge is 0.0496 e. The SMILES string of the molecule is CCC(N)C(Sc1ccc(Br)cc1)c1ccncc1. The second-order valence-electron chi connectivity index (χ2n) is 4.35. The van der Waals surface area contributed by atoms with Gasteiger partial charge in [-0.3, -0.25) is 4.98 Å². The molecule has 100 valence electrons. The summed E-state index contributed by atoms with van der Waals surface area (Å²) in [4.78, 5) is 5.31. The minimum atomic E-state index is 0.135. The average molecular weight is 337 g/mol. The van der Waals surface area contributed by atoms with Gasteiger partial charge in [0.15, 0.2) is 0 Å². The Morgan fingerprint density at radius 3 is 2.37 bits per heavy atom. The number of rotatable bonds is 5. The van der Waals surface area contributed by atoms with Crippen LogP contribution in [0.4, 0.5) is 0 Å². The van der Waals surface area contributed by atoms with Crippen LogP contribution in [0.2, 0.25) is 0 Å². The maximum atomic E-state index is 6.28. The molecule has 2 unspecified atom stereocenters. The number of benzene rings is 1. The number of nitrogens with two attached hydrogens (primary N) is 1. The van der Waals surface area contributed by atoms with Crippen LogP contribution in [0.25, 0.3) is 0 Å². The molecule has 0 spiro atoms. The van der Waals surface area contributed by atoms with Gasteiger partial charge in [0.05, 0.1) is 0 Å². The van der Waals surface area contributed by atoms with Crippen LogP contribution in [-0.2, 0) is 0 Å². The molecule has 0 saturated carbocycles. The van der Waals surface area contributed by atoms with Crippen molar-refractivity contribution in [2.45, 2.75) is 29.5 Å². The van der Waals surface area contributed by atoms with Crippen LogP contribution in [0, 0.1) is 0 Å². The van der Waals surface area contributed by atoms with Crippen molar-refractivity contribution in [2.75, 3.05) is 0 Å². The Kier molecular flexibility index (Phi) is 5.43. The topological polar surface area (TPSA) is 38.9 Å². The molecule has 0 bridgehead atoms. The van der Waals surface area contributed by atoms with Gasteiger partial charge in [0.1, 0.15) is 0 Å². The molecule has 1 aromatic carbocycles. The normalized spacial score (nSPS) is 14.1. The Morgan fingerprint density at radius 1 is 1.16 bits per heavy atom. The molecule has 1 heterocycles. The van der Waals surface area contributed by atoms with Crippen molar-refractivity contribution in [1.82, 2.24) is 4.98 Å². The van der Waals surface area contributed by atoms with Crippen LogP contribution in [-0.4, -0.2) is 11.0 Å². The zero-order chi connectivity index (χ0) is 13.7. The summed E-state index contributed by atoms with van der Waals surface area (Å²) < 4.78 is 1.09. The minimum absolute atomic E-state index is 0.135. The van der Waals surface area contributed by atoms with Gasteiger partial charge in [0, 0.05) is 33.1 Å². The third kappa shape index (κ3) is 4.06. The van der Waals surface area contributed by atoms with Crippen LogP contribution in [0.3, 0.4) is 0 Å². The number of halogens is 1. The summed E-state index contributed by atoms with van der Waals surface area (Å²) in [6.45, 7) is 2.13. The van der Waals surface area contributed by atoms with Gasteiger partial charge in [-0.25, -0.2) is 0 Å². The lowest BCUT2D eigenvalue weighted by molar-refractivity contribution is 0.634. The lowest BCUT2D eigenvalue weighted by Crippen LogP contribution is -2.25. The molecular weight excluding hydrogens is 320 g/mol. The molecule has 4 heteroatoms. The van der Waals surface area contributed by atoms with Crippen molar-refractivity contribution in [3.8, 4) is 0 Å². The third-order valence-corrected chi connectivity index (χ3v) is 4.92. The quantitative estimate of drug-likeness (QED) is 0.821. The van der Waals surface area contributed by atoms with Gasteiger partial charge in [-0.2, -0.15) is 0 Å². The summed E-state index contributed by atoms with van der Waals surface area (Å²) in [5.74, 6) is 0. The van der Waals surface area contributed by atoms with Crippen LogP contribution in [0.15, 0.2) is 58.2 Å². The predicted octanol–water partition coefficient (Wildman–Crippen LogP) is 4.41. The lowest BCUT2D eigenvalue weighted by Gasteiger charge is -2.22. The fraction of sp³-hybridized carbons (Fsp3) is 0.267. The molecule has 0 aliphatic carbocycles. The van der Waals surface area contributed by atoms with Gasteiger partial charge in [-0.05, 0) is 48.4 Å². The number of hydrogen-bond acceptors (Lipinski definition) is 3. The van der Waals surface area contributed by atoms with E-state index in [0.717, 1.165) is 10.9 Å². The Labute approximate surface area is 126 Å². The van der Waals surface area contributed by atoms with Crippen molar-refractivity contribution < 1.29 is 0 Å². The number of thioether (sulfide) groups is 1. The van der Waals surface area contributed by atoms with E-state index >= 15 is 0 Å². The van der Waals surface area contributed by atoms with Gasteiger partial charge in [0.2, 0.25) is 0 Å². The predicted molar refractivity (Wildman–Crippen MR) is 85.2 cm³/mol. The molecule has 0 aliphatic heterocycles. The standard InChI is InChI=1S/C15H17BrN2S/c1-2-14(17)15(11-7-9-18-10-8-11)19-13-5-3-12(16)4-6-13/h3-10,14-15H,2,17H2,1H3. The van der Waals surface area contributed by atoms with Crippen molar-refractivity contribution in [3.63, 3.8) is 0 Å². The molecule has 1 aromatic heterocycles. The summed E-state index contributed by atoms with van der Waals surface area (Å²) in [7, 11) is 0. The summed E-state index contributed by atoms with van der Waals surface area (Å²) in [5, 5.41) is 0.258. The number of nitrogens with zero attached hydrogens (tertiary/aromatic N) is 1. The van der Waals surface area contributed by atoms with E-state index in [-0.39, 0.29) is 11.3 Å². The zero-order valence-electron chi connectivity index (χ0n) is 10.8. The van der Waals surface area contributed by atoms with Crippen LogP contribution in [0.5, 0.6) is 0 Å². The molecule has 2 nitrogen and oxygen atoms in total. The van der Waals surface area contributed by atoms with Crippen molar-refractivity contribution in [3.05, 3.63) is 58.8 Å². The van der Waals surface area contributed by atoms with Crippen molar-refractivity contribution in [2.24, 2.45) is 5.73 Å². The van der Waals surface area contributed by atoms with Crippen LogP contribution in [0.1, 0.15) is 24.2 Å². The molecule has 2 N–H and O–H groups in total. The van der Waals surface area contributed by atoms with E-state index in [1.54, 1.807) is 0 Å². The average Bonchev–Trinajstić information content (AvgIpc) is 2.47. The summed E-state index contributed by atoms with van der Waals surface area (Å²) in [6, 6.07) is 12.6. The van der Waals surface area contributed by atoms with E-state index in [9.17, 15) is 0 Å². The summed E-state index contributed by atoms with van der Waals surface area (Å²) in [6.07, 6.45) is 4.61. The van der Waals surface area contributed by atoms with Gasteiger partial charge in [-0.1, -0.05) is 22.9 Å². The highest BCUT2D eigenvalue weighted by Crippen LogP contribution is 2.38. The molecule has 0 aliphatic rings. The first-order chi connectivity index (χ1) is 9.20.